The van der Waals surface area contributed by atoms with E-state index in [-0.39, 0.29) is 0 Å². The van der Waals surface area contributed by atoms with Gasteiger partial charge in [0.1, 0.15) is 18.3 Å². The van der Waals surface area contributed by atoms with Crippen LogP contribution in [-0.4, -0.2) is 61.6 Å². The molecule has 0 aromatic carbocycles. The third kappa shape index (κ3) is 9.65. The molecule has 2 amide bonds. The van der Waals surface area contributed by atoms with Crippen molar-refractivity contribution in [3.63, 3.8) is 0 Å². The van der Waals surface area contributed by atoms with E-state index in [0.29, 0.717) is 0 Å². The van der Waals surface area contributed by atoms with Gasteiger partial charge in [0.2, 0.25) is 11.8 Å². The lowest BCUT2D eigenvalue weighted by atomic mass is 10.3. The average molecular weight is 334 g/mol. The molecule has 0 fully saturated rings. The number of halogens is 3. The molecule has 0 aliphatic rings. The number of carboxylic acid groups (broad SMARTS) is 1. The van der Waals surface area contributed by atoms with E-state index >= 15 is 0 Å². The molecular weight excluding hydrogens is 321 g/mol. The van der Waals surface area contributed by atoms with Crippen LogP contribution in [0, 0.1) is 0 Å². The normalized spacial score (nSPS) is 13.3. The van der Waals surface area contributed by atoms with Crippen molar-refractivity contribution in [2.45, 2.75) is 19.1 Å². The highest BCUT2D eigenvalue weighted by molar-refractivity contribution is 7.92. The third-order valence-electron chi connectivity index (χ3n) is 1.93. The van der Waals surface area contributed by atoms with Gasteiger partial charge in [0.15, 0.2) is 9.84 Å². The van der Waals surface area contributed by atoms with Crippen LogP contribution in [0.15, 0.2) is 0 Å². The number of carbonyl (C=O) groups excluding carboxylic acids is 2. The Morgan fingerprint density at radius 2 is 1.76 bits per heavy atom. The maximum Gasteiger partial charge on any atom is 0.405 e. The number of alkyl halides is 3. The standard InChI is InChI=1S/C9H13F3N2O6S/c1-5(15)14-6(8(17)18)2-21(19,20)3-7(16)13-4-9(10,11)12/h6H,2-4H2,1H3,(H,13,16)(H,14,15)(H,17,18). The van der Waals surface area contributed by atoms with E-state index in [9.17, 15) is 36.0 Å². The first-order chi connectivity index (χ1) is 9.32. The van der Waals surface area contributed by atoms with Gasteiger partial charge in [-0.15, -0.1) is 0 Å². The molecule has 0 rings (SSSR count). The van der Waals surface area contributed by atoms with Gasteiger partial charge < -0.3 is 15.7 Å². The van der Waals surface area contributed by atoms with Crippen molar-refractivity contribution in [1.29, 1.82) is 0 Å². The van der Waals surface area contributed by atoms with Gasteiger partial charge in [-0.1, -0.05) is 0 Å². The number of sulfone groups is 1. The topological polar surface area (TPSA) is 130 Å². The van der Waals surface area contributed by atoms with E-state index in [1.807, 2.05) is 5.32 Å². The van der Waals surface area contributed by atoms with Crippen molar-refractivity contribution in [3.8, 4) is 0 Å². The van der Waals surface area contributed by atoms with E-state index in [4.69, 9.17) is 5.11 Å². The van der Waals surface area contributed by atoms with Gasteiger partial charge in [-0.05, 0) is 0 Å². The summed E-state index contributed by atoms with van der Waals surface area (Å²) >= 11 is 0. The SMILES string of the molecule is CC(=O)NC(CS(=O)(=O)CC(=O)NCC(F)(F)F)C(=O)O. The summed E-state index contributed by atoms with van der Waals surface area (Å²) in [6.07, 6.45) is -4.70. The Labute approximate surface area is 117 Å². The zero-order valence-corrected chi connectivity index (χ0v) is 11.5. The van der Waals surface area contributed by atoms with E-state index in [1.54, 1.807) is 0 Å². The van der Waals surface area contributed by atoms with Crippen LogP contribution in [0.5, 0.6) is 0 Å². The maximum absolute atomic E-state index is 11.8. The summed E-state index contributed by atoms with van der Waals surface area (Å²) in [5, 5.41) is 11.9. The van der Waals surface area contributed by atoms with Crippen molar-refractivity contribution in [3.05, 3.63) is 0 Å². The summed E-state index contributed by atoms with van der Waals surface area (Å²) in [4.78, 5) is 32.5. The van der Waals surface area contributed by atoms with Gasteiger partial charge >= 0.3 is 12.1 Å². The molecule has 3 N–H and O–H groups in total. The molecule has 8 nitrogen and oxygen atoms in total. The highest BCUT2D eigenvalue weighted by Gasteiger charge is 2.30. The second kappa shape index (κ2) is 7.24. The fourth-order valence-electron chi connectivity index (χ4n) is 1.18. The molecule has 1 atom stereocenters. The van der Waals surface area contributed by atoms with Gasteiger partial charge in [-0.3, -0.25) is 9.59 Å². The molecule has 0 spiro atoms. The quantitative estimate of drug-likeness (QED) is 0.529. The van der Waals surface area contributed by atoms with E-state index in [2.05, 4.69) is 0 Å². The van der Waals surface area contributed by atoms with E-state index in [1.165, 1.54) is 5.32 Å². The molecule has 21 heavy (non-hydrogen) atoms. The summed E-state index contributed by atoms with van der Waals surface area (Å²) in [6.45, 7) is -0.742. The smallest absolute Gasteiger partial charge is 0.405 e. The van der Waals surface area contributed by atoms with Crippen LogP contribution < -0.4 is 10.6 Å². The van der Waals surface area contributed by atoms with Crippen LogP contribution in [0.1, 0.15) is 6.92 Å². The third-order valence-corrected chi connectivity index (χ3v) is 3.48. The van der Waals surface area contributed by atoms with Crippen LogP contribution in [0.25, 0.3) is 0 Å². The molecule has 12 heteroatoms. The number of hydrogen-bond acceptors (Lipinski definition) is 5. The molecule has 0 saturated carbocycles. The van der Waals surface area contributed by atoms with Crippen molar-refractivity contribution >= 4 is 27.6 Å². The fourth-order valence-corrected chi connectivity index (χ4v) is 2.54. The molecule has 1 unspecified atom stereocenters. The minimum Gasteiger partial charge on any atom is -0.480 e. The first kappa shape index (κ1) is 19.1. The monoisotopic (exact) mass is 334 g/mol. The van der Waals surface area contributed by atoms with Crippen LogP contribution in [0.4, 0.5) is 13.2 Å². The summed E-state index contributed by atoms with van der Waals surface area (Å²) < 4.78 is 58.5. The Hall–Kier alpha value is -1.85. The Morgan fingerprint density at radius 3 is 2.14 bits per heavy atom. The lowest BCUT2D eigenvalue weighted by Gasteiger charge is -2.13. The van der Waals surface area contributed by atoms with Gasteiger partial charge in [-0.2, -0.15) is 13.2 Å². The Kier molecular flexibility index (Phi) is 6.60. The summed E-state index contributed by atoms with van der Waals surface area (Å²) in [7, 11) is -4.31. The van der Waals surface area contributed by atoms with Crippen molar-refractivity contribution in [2.75, 3.05) is 18.1 Å². The molecule has 0 saturated heterocycles. The predicted molar refractivity (Wildman–Crippen MR) is 63.0 cm³/mol. The lowest BCUT2D eigenvalue weighted by Crippen LogP contribution is -2.46. The zero-order valence-electron chi connectivity index (χ0n) is 10.7. The molecule has 0 bridgehead atoms. The molecular formula is C9H13F3N2O6S. The number of aliphatic carboxylic acids is 1. The summed E-state index contributed by atoms with van der Waals surface area (Å²) in [5.74, 6) is -6.30. The van der Waals surface area contributed by atoms with Crippen molar-refractivity contribution < 1.29 is 41.1 Å². The van der Waals surface area contributed by atoms with Gasteiger partial charge in [-0.25, -0.2) is 13.2 Å². The molecule has 0 aromatic heterocycles. The summed E-state index contributed by atoms with van der Waals surface area (Å²) in [6, 6.07) is -1.79. The van der Waals surface area contributed by atoms with Gasteiger partial charge in [0, 0.05) is 6.92 Å². The highest BCUT2D eigenvalue weighted by atomic mass is 32.2. The number of rotatable bonds is 7. The molecule has 0 heterocycles. The van der Waals surface area contributed by atoms with Crippen molar-refractivity contribution in [1.82, 2.24) is 10.6 Å². The van der Waals surface area contributed by atoms with Gasteiger partial charge in [0.05, 0.1) is 5.75 Å². The van der Waals surface area contributed by atoms with E-state index in [0.717, 1.165) is 6.92 Å². The number of carbonyl (C=O) groups is 3. The molecule has 0 aliphatic carbocycles. The molecule has 122 valence electrons. The molecule has 0 radical (unpaired) electrons. The first-order valence-corrected chi connectivity index (χ1v) is 7.18. The lowest BCUT2D eigenvalue weighted by molar-refractivity contribution is -0.140. The number of hydrogen-bond donors (Lipinski definition) is 3. The highest BCUT2D eigenvalue weighted by Crippen LogP contribution is 2.12. The second-order valence-electron chi connectivity index (χ2n) is 4.04. The minimum atomic E-state index is -4.70. The van der Waals surface area contributed by atoms with Crippen LogP contribution >= 0.6 is 0 Å². The number of nitrogens with one attached hydrogen (secondary N) is 2. The Balaban J connectivity index is 4.64. The van der Waals surface area contributed by atoms with Crippen LogP contribution in [0.2, 0.25) is 0 Å². The van der Waals surface area contributed by atoms with Crippen LogP contribution in [-0.2, 0) is 24.2 Å². The van der Waals surface area contributed by atoms with Crippen molar-refractivity contribution in [2.24, 2.45) is 0 Å². The van der Waals surface area contributed by atoms with Gasteiger partial charge in [0.25, 0.3) is 0 Å². The average Bonchev–Trinajstić information content (AvgIpc) is 2.22. The zero-order chi connectivity index (χ0) is 16.8. The molecule has 0 aliphatic heterocycles. The van der Waals surface area contributed by atoms with Crippen LogP contribution in [0.3, 0.4) is 0 Å². The fraction of sp³-hybridized carbons (Fsp3) is 0.667. The second-order valence-corrected chi connectivity index (χ2v) is 6.15. The molecule has 0 aromatic rings. The number of amides is 2. The Morgan fingerprint density at radius 1 is 1.24 bits per heavy atom. The summed E-state index contributed by atoms with van der Waals surface area (Å²) in [5.41, 5.74) is 0. The maximum atomic E-state index is 11.8. The minimum absolute atomic E-state index is 0.806. The predicted octanol–water partition coefficient (Wildman–Crippen LogP) is -1.33. The largest absolute Gasteiger partial charge is 0.480 e. The first-order valence-electron chi connectivity index (χ1n) is 5.36. The Bertz CT molecular complexity index is 516. The number of carboxylic acids is 1. The van der Waals surface area contributed by atoms with E-state index < -0.39 is 57.9 Å².